The fraction of sp³-hybridized carbons (Fsp3) is 0.286. The molecule has 0 amide bonds. The average Bonchev–Trinajstić information content (AvgIpc) is 3.61. The standard InChI is InChI=1S/C28H25FN4O4/c1-14-9-16(28-30-32-33-31-28)10-15(2)26(14)20-5-7-22(29)27-21(20)6-8-23(27)37-18-3-4-19-17(11-25(34)35)13-36-24(19)12-18/h3-5,7,9-10,12,17,23H,6,8,11,13H2,1-2H3,(H,34,35)(H,30,31,32,33)/t17?,23-/m1/s1. The number of carboxylic acid groups (broad SMARTS) is 1. The molecule has 0 radical (unpaired) electrons. The van der Waals surface area contributed by atoms with Gasteiger partial charge >= 0.3 is 5.97 Å². The first kappa shape index (κ1) is 23.1. The molecule has 0 saturated heterocycles. The lowest BCUT2D eigenvalue weighted by Crippen LogP contribution is -2.07. The number of H-pyrrole nitrogens is 1. The monoisotopic (exact) mass is 500 g/mol. The summed E-state index contributed by atoms with van der Waals surface area (Å²) in [4.78, 5) is 11.1. The van der Waals surface area contributed by atoms with E-state index in [0.29, 0.717) is 42.3 Å². The number of nitrogens with one attached hydrogen (secondary N) is 1. The molecule has 8 nitrogen and oxygen atoms in total. The first-order chi connectivity index (χ1) is 17.9. The van der Waals surface area contributed by atoms with Crippen LogP contribution in [0.5, 0.6) is 11.5 Å². The van der Waals surface area contributed by atoms with E-state index in [4.69, 9.17) is 14.6 Å². The summed E-state index contributed by atoms with van der Waals surface area (Å²) in [5, 5.41) is 23.3. The van der Waals surface area contributed by atoms with Crippen LogP contribution in [0.4, 0.5) is 4.39 Å². The van der Waals surface area contributed by atoms with Gasteiger partial charge < -0.3 is 14.6 Å². The Bertz CT molecular complexity index is 1500. The molecule has 1 aliphatic heterocycles. The van der Waals surface area contributed by atoms with E-state index >= 15 is 4.39 Å². The highest BCUT2D eigenvalue weighted by Gasteiger charge is 2.32. The maximum atomic E-state index is 15.2. The van der Waals surface area contributed by atoms with E-state index in [-0.39, 0.29) is 18.2 Å². The molecule has 2 N–H and O–H groups in total. The zero-order chi connectivity index (χ0) is 25.7. The predicted octanol–water partition coefficient (Wildman–Crippen LogP) is 5.31. The predicted molar refractivity (Wildman–Crippen MR) is 133 cm³/mol. The summed E-state index contributed by atoms with van der Waals surface area (Å²) in [6.07, 6.45) is 0.945. The molecule has 0 saturated carbocycles. The van der Waals surface area contributed by atoms with Crippen molar-refractivity contribution in [3.63, 3.8) is 0 Å². The molecule has 4 aromatic rings. The molecule has 0 bridgehead atoms. The van der Waals surface area contributed by atoms with Crippen molar-refractivity contribution in [3.05, 3.63) is 76.1 Å². The summed E-state index contributed by atoms with van der Waals surface area (Å²) in [5.74, 6) is 0.500. The van der Waals surface area contributed by atoms with Gasteiger partial charge in [0.15, 0.2) is 5.82 Å². The van der Waals surface area contributed by atoms with Crippen LogP contribution in [-0.2, 0) is 11.2 Å². The summed E-state index contributed by atoms with van der Waals surface area (Å²) >= 11 is 0. The lowest BCUT2D eigenvalue weighted by molar-refractivity contribution is -0.137. The number of hydrogen-bond acceptors (Lipinski definition) is 6. The highest BCUT2D eigenvalue weighted by Crippen LogP contribution is 2.45. The van der Waals surface area contributed by atoms with Gasteiger partial charge in [0.05, 0.1) is 13.0 Å². The highest BCUT2D eigenvalue weighted by molar-refractivity contribution is 5.78. The van der Waals surface area contributed by atoms with Crippen molar-refractivity contribution in [2.45, 2.75) is 45.1 Å². The Morgan fingerprint density at radius 2 is 2.00 bits per heavy atom. The highest BCUT2D eigenvalue weighted by atomic mass is 19.1. The van der Waals surface area contributed by atoms with Gasteiger partial charge in [-0.1, -0.05) is 12.1 Å². The van der Waals surface area contributed by atoms with Gasteiger partial charge in [0, 0.05) is 28.7 Å². The summed E-state index contributed by atoms with van der Waals surface area (Å²) in [7, 11) is 0. The number of hydrogen-bond donors (Lipinski definition) is 2. The second-order valence-corrected chi connectivity index (χ2v) is 9.67. The normalized spacial score (nSPS) is 17.8. The van der Waals surface area contributed by atoms with Gasteiger partial charge in [-0.05, 0) is 89.2 Å². The van der Waals surface area contributed by atoms with Gasteiger partial charge in [-0.2, -0.15) is 0 Å². The van der Waals surface area contributed by atoms with Gasteiger partial charge in [-0.25, -0.2) is 9.49 Å². The van der Waals surface area contributed by atoms with Crippen LogP contribution in [0.2, 0.25) is 0 Å². The number of aryl methyl sites for hydroxylation is 2. The van der Waals surface area contributed by atoms with Crippen molar-refractivity contribution in [1.29, 1.82) is 0 Å². The third-order valence-corrected chi connectivity index (χ3v) is 7.27. The quantitative estimate of drug-likeness (QED) is 0.369. The maximum Gasteiger partial charge on any atom is 0.304 e. The number of fused-ring (bicyclic) bond motifs is 2. The molecule has 37 heavy (non-hydrogen) atoms. The maximum absolute atomic E-state index is 15.2. The van der Waals surface area contributed by atoms with Crippen molar-refractivity contribution in [2.75, 3.05) is 6.61 Å². The topological polar surface area (TPSA) is 110 Å². The van der Waals surface area contributed by atoms with E-state index in [1.807, 2.05) is 44.2 Å². The third kappa shape index (κ3) is 4.10. The van der Waals surface area contributed by atoms with Gasteiger partial charge in [0.25, 0.3) is 0 Å². The molecule has 2 aliphatic rings. The molecular weight excluding hydrogens is 475 g/mol. The number of tetrazole rings is 1. The zero-order valence-electron chi connectivity index (χ0n) is 20.4. The van der Waals surface area contributed by atoms with Crippen molar-refractivity contribution in [2.24, 2.45) is 0 Å². The molecule has 0 fully saturated rings. The SMILES string of the molecule is Cc1cc(-c2nnn[nH]2)cc(C)c1-c1ccc(F)c2c1CC[C@H]2Oc1ccc2c(c1)OCC2CC(=O)O. The molecule has 2 atom stereocenters. The van der Waals surface area contributed by atoms with Crippen molar-refractivity contribution >= 4 is 5.97 Å². The molecule has 1 aromatic heterocycles. The van der Waals surface area contributed by atoms with Crippen LogP contribution >= 0.6 is 0 Å². The second kappa shape index (κ2) is 8.99. The van der Waals surface area contributed by atoms with Crippen LogP contribution in [0.3, 0.4) is 0 Å². The van der Waals surface area contributed by atoms with E-state index in [1.165, 1.54) is 6.07 Å². The Balaban J connectivity index is 1.31. The van der Waals surface area contributed by atoms with E-state index in [9.17, 15) is 4.79 Å². The van der Waals surface area contributed by atoms with Crippen molar-refractivity contribution in [1.82, 2.24) is 20.6 Å². The van der Waals surface area contributed by atoms with Crippen LogP contribution < -0.4 is 9.47 Å². The first-order valence-electron chi connectivity index (χ1n) is 12.2. The molecule has 9 heteroatoms. The molecular formula is C28H25FN4O4. The van der Waals surface area contributed by atoms with Gasteiger partial charge in [0.2, 0.25) is 0 Å². The summed E-state index contributed by atoms with van der Waals surface area (Å²) < 4.78 is 27.2. The Hall–Kier alpha value is -4.27. The van der Waals surface area contributed by atoms with E-state index < -0.39 is 12.1 Å². The van der Waals surface area contributed by atoms with Gasteiger partial charge in [-0.15, -0.1) is 5.10 Å². The summed E-state index contributed by atoms with van der Waals surface area (Å²) in [5.41, 5.74) is 7.50. The molecule has 1 unspecified atom stereocenters. The van der Waals surface area contributed by atoms with Crippen LogP contribution in [0, 0.1) is 19.7 Å². The Kier molecular flexibility index (Phi) is 5.62. The number of aromatic nitrogens is 4. The Morgan fingerprint density at radius 1 is 1.19 bits per heavy atom. The first-order valence-corrected chi connectivity index (χ1v) is 12.2. The third-order valence-electron chi connectivity index (χ3n) is 7.27. The molecule has 188 valence electrons. The van der Waals surface area contributed by atoms with E-state index in [1.54, 1.807) is 6.07 Å². The lowest BCUT2D eigenvalue weighted by atomic mass is 9.89. The van der Waals surface area contributed by atoms with Crippen LogP contribution in [-0.4, -0.2) is 38.3 Å². The van der Waals surface area contributed by atoms with Gasteiger partial charge in [0.1, 0.15) is 23.4 Å². The molecule has 6 rings (SSSR count). The number of halogens is 1. The number of aliphatic carboxylic acids is 1. The lowest BCUT2D eigenvalue weighted by Gasteiger charge is -2.19. The fourth-order valence-corrected chi connectivity index (χ4v) is 5.71. The van der Waals surface area contributed by atoms with E-state index in [0.717, 1.165) is 38.9 Å². The van der Waals surface area contributed by atoms with Crippen LogP contribution in [0.25, 0.3) is 22.5 Å². The van der Waals surface area contributed by atoms with Crippen molar-refractivity contribution < 1.29 is 23.8 Å². The molecule has 0 spiro atoms. The van der Waals surface area contributed by atoms with Gasteiger partial charge in [-0.3, -0.25) is 4.79 Å². The smallest absolute Gasteiger partial charge is 0.304 e. The minimum atomic E-state index is -0.856. The Labute approximate surface area is 212 Å². The number of rotatable bonds is 6. The van der Waals surface area contributed by atoms with Crippen LogP contribution in [0.1, 0.15) is 52.7 Å². The minimum absolute atomic E-state index is 0.0201. The summed E-state index contributed by atoms with van der Waals surface area (Å²) in [6.45, 7) is 4.41. The summed E-state index contributed by atoms with van der Waals surface area (Å²) in [6, 6.07) is 12.9. The number of aromatic amines is 1. The number of ether oxygens (including phenoxy) is 2. The zero-order valence-corrected chi connectivity index (χ0v) is 20.4. The number of benzene rings is 3. The minimum Gasteiger partial charge on any atom is -0.492 e. The second-order valence-electron chi connectivity index (χ2n) is 9.67. The molecule has 2 heterocycles. The van der Waals surface area contributed by atoms with E-state index in [2.05, 4.69) is 20.6 Å². The molecule has 3 aromatic carbocycles. The molecule has 1 aliphatic carbocycles. The number of carboxylic acids is 1. The van der Waals surface area contributed by atoms with Crippen molar-refractivity contribution in [3.8, 4) is 34.0 Å². The Morgan fingerprint density at radius 3 is 2.73 bits per heavy atom. The number of nitrogens with zero attached hydrogens (tertiary/aromatic N) is 3. The van der Waals surface area contributed by atoms with Crippen LogP contribution in [0.15, 0.2) is 42.5 Å². The fourth-order valence-electron chi connectivity index (χ4n) is 5.71. The number of carbonyl (C=O) groups is 1. The average molecular weight is 501 g/mol. The largest absolute Gasteiger partial charge is 0.492 e.